The number of fused-ring (bicyclic) bond motifs is 1. The van der Waals surface area contributed by atoms with E-state index < -0.39 is 10.0 Å². The number of aromatic nitrogens is 2. The summed E-state index contributed by atoms with van der Waals surface area (Å²) >= 11 is 0. The number of sulfonamides is 1. The number of hydrogen-bond donors (Lipinski definition) is 1. The van der Waals surface area contributed by atoms with Gasteiger partial charge in [-0.2, -0.15) is 5.10 Å². The fraction of sp³-hybridized carbons (Fsp3) is 0.500. The van der Waals surface area contributed by atoms with Crippen molar-refractivity contribution in [2.45, 2.75) is 33.1 Å². The Morgan fingerprint density at radius 1 is 1.30 bits per heavy atom. The van der Waals surface area contributed by atoms with Crippen molar-refractivity contribution in [1.29, 1.82) is 0 Å². The van der Waals surface area contributed by atoms with Gasteiger partial charge in [0.15, 0.2) is 5.82 Å². The minimum atomic E-state index is -3.32. The Kier molecular flexibility index (Phi) is 3.54. The van der Waals surface area contributed by atoms with Gasteiger partial charge in [0.1, 0.15) is 0 Å². The third-order valence-electron chi connectivity index (χ3n) is 3.30. The Bertz CT molecular complexity index is 740. The van der Waals surface area contributed by atoms with E-state index in [1.807, 2.05) is 19.2 Å². The molecule has 2 aromatic rings. The van der Waals surface area contributed by atoms with E-state index in [4.69, 9.17) is 0 Å². The van der Waals surface area contributed by atoms with Gasteiger partial charge < -0.3 is 0 Å². The molecule has 0 saturated carbocycles. The highest BCUT2D eigenvalue weighted by atomic mass is 32.2. The molecular formula is C14H21N3O2S. The molecule has 0 amide bonds. The van der Waals surface area contributed by atoms with Crippen LogP contribution in [0.5, 0.6) is 0 Å². The van der Waals surface area contributed by atoms with E-state index in [2.05, 4.69) is 36.7 Å². The van der Waals surface area contributed by atoms with Crippen molar-refractivity contribution in [2.75, 3.05) is 10.5 Å². The lowest BCUT2D eigenvalue weighted by Crippen LogP contribution is -2.15. The lowest BCUT2D eigenvalue weighted by Gasteiger charge is -2.20. The number of anilines is 1. The van der Waals surface area contributed by atoms with E-state index in [0.29, 0.717) is 5.82 Å². The first-order valence-corrected chi connectivity index (χ1v) is 8.27. The zero-order valence-corrected chi connectivity index (χ0v) is 13.4. The highest BCUT2D eigenvalue weighted by molar-refractivity contribution is 7.92. The van der Waals surface area contributed by atoms with Crippen LogP contribution in [0.4, 0.5) is 5.82 Å². The molecule has 1 aromatic heterocycles. The Morgan fingerprint density at radius 2 is 1.95 bits per heavy atom. The number of nitrogens with one attached hydrogen (secondary N) is 1. The van der Waals surface area contributed by atoms with E-state index in [9.17, 15) is 8.42 Å². The molecule has 0 aliphatic rings. The van der Waals surface area contributed by atoms with E-state index in [-0.39, 0.29) is 11.2 Å². The molecule has 2 rings (SSSR count). The summed E-state index contributed by atoms with van der Waals surface area (Å²) in [4.78, 5) is 0. The first kappa shape index (κ1) is 14.8. The molecule has 0 fully saturated rings. The summed E-state index contributed by atoms with van der Waals surface area (Å²) in [5, 5.41) is 5.15. The van der Waals surface area contributed by atoms with Crippen LogP contribution in [0, 0.1) is 0 Å². The molecule has 1 N–H and O–H groups in total. The van der Waals surface area contributed by atoms with Crippen LogP contribution in [0.3, 0.4) is 0 Å². The summed E-state index contributed by atoms with van der Waals surface area (Å²) in [7, 11) is -1.49. The van der Waals surface area contributed by atoms with Gasteiger partial charge in [-0.3, -0.25) is 9.40 Å². The van der Waals surface area contributed by atoms with Crippen molar-refractivity contribution in [2.24, 2.45) is 7.05 Å². The summed E-state index contributed by atoms with van der Waals surface area (Å²) < 4.78 is 27.8. The van der Waals surface area contributed by atoms with Crippen LogP contribution in [0.15, 0.2) is 18.2 Å². The number of para-hydroxylation sites is 1. The van der Waals surface area contributed by atoms with Crippen molar-refractivity contribution >= 4 is 26.7 Å². The first-order chi connectivity index (χ1) is 9.15. The van der Waals surface area contributed by atoms with E-state index in [0.717, 1.165) is 16.5 Å². The Hall–Kier alpha value is -1.56. The van der Waals surface area contributed by atoms with E-state index in [1.165, 1.54) is 0 Å². The van der Waals surface area contributed by atoms with Crippen LogP contribution >= 0.6 is 0 Å². The second-order valence-corrected chi connectivity index (χ2v) is 7.94. The number of benzene rings is 1. The van der Waals surface area contributed by atoms with Gasteiger partial charge in [0.2, 0.25) is 10.0 Å². The summed E-state index contributed by atoms with van der Waals surface area (Å²) in [5.74, 6) is 0.430. The highest BCUT2D eigenvalue weighted by Gasteiger charge is 2.22. The molecule has 0 radical (unpaired) electrons. The molecule has 0 atom stereocenters. The second-order valence-electron chi connectivity index (χ2n) is 5.93. The first-order valence-electron chi connectivity index (χ1n) is 6.62. The molecule has 5 nitrogen and oxygen atoms in total. The lowest BCUT2D eigenvalue weighted by molar-refractivity contribution is 0.590. The number of hydrogen-bond acceptors (Lipinski definition) is 3. The van der Waals surface area contributed by atoms with Gasteiger partial charge in [-0.05, 0) is 24.0 Å². The fourth-order valence-electron chi connectivity index (χ4n) is 2.24. The topological polar surface area (TPSA) is 64.0 Å². The molecule has 20 heavy (non-hydrogen) atoms. The maximum absolute atomic E-state index is 11.7. The summed E-state index contributed by atoms with van der Waals surface area (Å²) in [6.07, 6.45) is 0. The van der Waals surface area contributed by atoms with E-state index >= 15 is 0 Å². The van der Waals surface area contributed by atoms with Gasteiger partial charge in [-0.1, -0.05) is 32.9 Å². The van der Waals surface area contributed by atoms with Crippen molar-refractivity contribution < 1.29 is 8.42 Å². The van der Waals surface area contributed by atoms with Gasteiger partial charge in [0, 0.05) is 12.4 Å². The van der Waals surface area contributed by atoms with Gasteiger partial charge >= 0.3 is 0 Å². The maximum atomic E-state index is 11.7. The monoisotopic (exact) mass is 295 g/mol. The Morgan fingerprint density at radius 3 is 2.50 bits per heavy atom. The third-order valence-corrected chi connectivity index (χ3v) is 4.57. The molecular weight excluding hydrogens is 274 g/mol. The van der Waals surface area contributed by atoms with Gasteiger partial charge in [0.25, 0.3) is 0 Å². The fourth-order valence-corrected chi connectivity index (χ4v) is 2.83. The summed E-state index contributed by atoms with van der Waals surface area (Å²) in [6, 6.07) is 5.89. The van der Waals surface area contributed by atoms with Crippen molar-refractivity contribution in [3.63, 3.8) is 0 Å². The van der Waals surface area contributed by atoms with Crippen LogP contribution in [0.1, 0.15) is 33.3 Å². The predicted molar refractivity (Wildman–Crippen MR) is 82.5 cm³/mol. The number of rotatable bonds is 3. The molecule has 0 spiro atoms. The largest absolute Gasteiger partial charge is 0.265 e. The average Bonchev–Trinajstić information content (AvgIpc) is 2.65. The molecule has 1 heterocycles. The molecule has 0 aliphatic carbocycles. The van der Waals surface area contributed by atoms with E-state index in [1.54, 1.807) is 11.6 Å². The lowest BCUT2D eigenvalue weighted by atomic mass is 9.86. The Labute approximate surface area is 120 Å². The second kappa shape index (κ2) is 4.77. The van der Waals surface area contributed by atoms with Crippen molar-refractivity contribution in [3.05, 3.63) is 23.8 Å². The minimum absolute atomic E-state index is 0.0318. The third kappa shape index (κ3) is 2.65. The molecule has 0 bridgehead atoms. The van der Waals surface area contributed by atoms with Gasteiger partial charge in [0.05, 0.1) is 11.3 Å². The van der Waals surface area contributed by atoms with Gasteiger partial charge in [-0.25, -0.2) is 8.42 Å². The number of aryl methyl sites for hydroxylation is 1. The minimum Gasteiger partial charge on any atom is -0.265 e. The SMILES string of the molecule is CCS(=O)(=O)Nc1nn(C)c2c(C(C)(C)C)cccc12. The molecule has 0 aliphatic heterocycles. The summed E-state index contributed by atoms with van der Waals surface area (Å²) in [5.41, 5.74) is 2.08. The molecule has 1 aromatic carbocycles. The van der Waals surface area contributed by atoms with Gasteiger partial charge in [-0.15, -0.1) is 0 Å². The van der Waals surface area contributed by atoms with Crippen molar-refractivity contribution in [1.82, 2.24) is 9.78 Å². The highest BCUT2D eigenvalue weighted by Crippen LogP contribution is 2.33. The summed E-state index contributed by atoms with van der Waals surface area (Å²) in [6.45, 7) is 7.99. The molecule has 110 valence electrons. The van der Waals surface area contributed by atoms with Crippen molar-refractivity contribution in [3.8, 4) is 0 Å². The molecule has 0 saturated heterocycles. The van der Waals surface area contributed by atoms with Crippen LogP contribution in [-0.2, 0) is 22.5 Å². The average molecular weight is 295 g/mol. The predicted octanol–water partition coefficient (Wildman–Crippen LogP) is 2.63. The number of nitrogens with zero attached hydrogens (tertiary/aromatic N) is 2. The zero-order valence-electron chi connectivity index (χ0n) is 12.6. The molecule has 0 unspecified atom stereocenters. The maximum Gasteiger partial charge on any atom is 0.233 e. The Balaban J connectivity index is 2.68. The van der Waals surface area contributed by atoms with Crippen LogP contribution < -0.4 is 4.72 Å². The molecule has 6 heteroatoms. The van der Waals surface area contributed by atoms with Crippen LogP contribution in [0.25, 0.3) is 10.9 Å². The smallest absolute Gasteiger partial charge is 0.233 e. The zero-order chi connectivity index (χ0) is 15.1. The van der Waals surface area contributed by atoms with Crippen LogP contribution in [-0.4, -0.2) is 24.0 Å². The quantitative estimate of drug-likeness (QED) is 0.946. The standard InChI is InChI=1S/C14H21N3O2S/c1-6-20(18,19)16-13-10-8-7-9-11(14(2,3)4)12(10)17(5)15-13/h7-9H,6H2,1-5H3,(H,15,16). The van der Waals surface area contributed by atoms with Crippen LogP contribution in [0.2, 0.25) is 0 Å². The normalized spacial score (nSPS) is 12.8.